The molecule has 0 aliphatic heterocycles. The van der Waals surface area contributed by atoms with Gasteiger partial charge in [0.2, 0.25) is 17.7 Å². The average molecular weight is 535 g/mol. The number of ether oxygens (including phenoxy) is 1. The van der Waals surface area contributed by atoms with E-state index in [0.29, 0.717) is 16.5 Å². The van der Waals surface area contributed by atoms with E-state index in [9.17, 15) is 18.8 Å². The second-order valence-electron chi connectivity index (χ2n) is 7.81. The van der Waals surface area contributed by atoms with E-state index in [-0.39, 0.29) is 40.2 Å². The maximum absolute atomic E-state index is 13.9. The maximum Gasteiger partial charge on any atom is 0.414 e. The Morgan fingerprint density at radius 1 is 1.16 bits per heavy atom. The average Bonchev–Trinajstić information content (AvgIpc) is 3.23. The van der Waals surface area contributed by atoms with Crippen molar-refractivity contribution < 1.29 is 27.9 Å². The molecule has 4 rings (SSSR count). The van der Waals surface area contributed by atoms with Crippen LogP contribution in [0.25, 0.3) is 11.0 Å². The van der Waals surface area contributed by atoms with Gasteiger partial charge in [0.15, 0.2) is 11.3 Å². The minimum Gasteiger partial charge on any atom is -0.450 e. The molecular formula is C27H20ClFN4O5. The van der Waals surface area contributed by atoms with E-state index in [1.807, 2.05) is 0 Å². The van der Waals surface area contributed by atoms with Gasteiger partial charge in [0.05, 0.1) is 22.7 Å². The number of anilines is 3. The summed E-state index contributed by atoms with van der Waals surface area (Å²) in [6, 6.07) is 11.7. The molecule has 11 heteroatoms. The molecule has 0 saturated carbocycles. The molecule has 0 radical (unpaired) electrons. The first-order valence-corrected chi connectivity index (χ1v) is 11.6. The van der Waals surface area contributed by atoms with E-state index in [1.165, 1.54) is 30.2 Å². The van der Waals surface area contributed by atoms with Crippen molar-refractivity contribution in [3.8, 4) is 11.8 Å². The summed E-state index contributed by atoms with van der Waals surface area (Å²) in [4.78, 5) is 41.9. The van der Waals surface area contributed by atoms with Crippen molar-refractivity contribution in [2.45, 2.75) is 13.8 Å². The Labute approximate surface area is 221 Å². The van der Waals surface area contributed by atoms with Crippen LogP contribution < -0.4 is 16.0 Å². The molecule has 0 saturated heterocycles. The zero-order chi connectivity index (χ0) is 27.4. The van der Waals surface area contributed by atoms with Crippen molar-refractivity contribution in [2.75, 3.05) is 16.8 Å². The normalized spacial score (nSPS) is 10.4. The van der Waals surface area contributed by atoms with Crippen molar-refractivity contribution in [1.29, 1.82) is 0 Å². The van der Waals surface area contributed by atoms with Crippen LogP contribution in [-0.4, -0.2) is 29.5 Å². The Hall–Kier alpha value is -4.88. The Morgan fingerprint density at radius 2 is 1.89 bits per heavy atom. The summed E-state index contributed by atoms with van der Waals surface area (Å²) in [5.74, 6) is 4.03. The molecule has 38 heavy (non-hydrogen) atoms. The van der Waals surface area contributed by atoms with Gasteiger partial charge >= 0.3 is 6.09 Å². The highest BCUT2D eigenvalue weighted by molar-refractivity contribution is 6.31. The lowest BCUT2D eigenvalue weighted by molar-refractivity contribution is -0.115. The number of nitrogens with two attached hydrogens (primary N) is 1. The van der Waals surface area contributed by atoms with Gasteiger partial charge in [0.25, 0.3) is 0 Å². The summed E-state index contributed by atoms with van der Waals surface area (Å²) in [6.45, 7) is 3.02. The van der Waals surface area contributed by atoms with Gasteiger partial charge in [-0.3, -0.25) is 19.8 Å². The standard InChI is InChI=1S/C27H20ClFN4O5/c1-3-37-27(36)32-26-23(33(15(2)34)18-9-10-21(29)20(28)14-18)19-12-13-31-22(24(19)38-26)11-6-16-4-7-17(8-5-16)25(30)35/h4-5,7-10,12-14H,3H2,1-2H3,(H2,30,35)(H,32,36). The molecule has 9 nitrogen and oxygen atoms in total. The number of primary amides is 1. The first-order valence-electron chi connectivity index (χ1n) is 11.2. The number of rotatable bonds is 5. The molecule has 4 aromatic rings. The van der Waals surface area contributed by atoms with Gasteiger partial charge < -0.3 is 14.9 Å². The Morgan fingerprint density at radius 3 is 2.53 bits per heavy atom. The molecule has 192 valence electrons. The summed E-state index contributed by atoms with van der Waals surface area (Å²) in [6.07, 6.45) is 0.648. The van der Waals surface area contributed by atoms with Crippen LogP contribution in [-0.2, 0) is 9.53 Å². The Balaban J connectivity index is 1.88. The van der Waals surface area contributed by atoms with E-state index in [0.717, 1.165) is 6.07 Å². The Bertz CT molecular complexity index is 1620. The molecule has 3 amide bonds. The zero-order valence-corrected chi connectivity index (χ0v) is 20.9. The highest BCUT2D eigenvalue weighted by Gasteiger charge is 2.28. The predicted octanol–water partition coefficient (Wildman–Crippen LogP) is 5.37. The van der Waals surface area contributed by atoms with E-state index in [4.69, 9.17) is 26.5 Å². The zero-order valence-electron chi connectivity index (χ0n) is 20.2. The van der Waals surface area contributed by atoms with Gasteiger partial charge in [-0.2, -0.15) is 0 Å². The summed E-state index contributed by atoms with van der Waals surface area (Å²) in [5.41, 5.74) is 6.96. The number of benzene rings is 2. The predicted molar refractivity (Wildman–Crippen MR) is 140 cm³/mol. The number of pyridine rings is 1. The molecule has 2 aromatic heterocycles. The number of halogens is 2. The number of carbonyl (C=O) groups is 3. The summed E-state index contributed by atoms with van der Waals surface area (Å²) in [5, 5.41) is 2.69. The largest absolute Gasteiger partial charge is 0.450 e. The number of nitrogens with one attached hydrogen (secondary N) is 1. The molecule has 0 aliphatic carbocycles. The van der Waals surface area contributed by atoms with E-state index in [1.54, 1.807) is 37.3 Å². The van der Waals surface area contributed by atoms with Crippen molar-refractivity contribution in [3.05, 3.63) is 82.4 Å². The van der Waals surface area contributed by atoms with E-state index >= 15 is 0 Å². The van der Waals surface area contributed by atoms with Crippen molar-refractivity contribution in [2.24, 2.45) is 5.73 Å². The molecule has 0 aliphatic rings. The molecule has 2 aromatic carbocycles. The number of carbonyl (C=O) groups excluding carboxylic acids is 3. The summed E-state index contributed by atoms with van der Waals surface area (Å²) < 4.78 is 24.8. The summed E-state index contributed by atoms with van der Waals surface area (Å²) in [7, 11) is 0. The lowest BCUT2D eigenvalue weighted by Gasteiger charge is -2.21. The second kappa shape index (κ2) is 11.0. The monoisotopic (exact) mass is 534 g/mol. The van der Waals surface area contributed by atoms with Crippen molar-refractivity contribution in [3.63, 3.8) is 0 Å². The van der Waals surface area contributed by atoms with Gasteiger partial charge in [-0.25, -0.2) is 14.2 Å². The summed E-state index contributed by atoms with van der Waals surface area (Å²) >= 11 is 5.98. The number of furan rings is 1. The number of amides is 3. The van der Waals surface area contributed by atoms with Crippen LogP contribution in [0.15, 0.2) is 59.1 Å². The number of aromatic nitrogens is 1. The lowest BCUT2D eigenvalue weighted by Crippen LogP contribution is -2.24. The van der Waals surface area contributed by atoms with E-state index < -0.39 is 23.7 Å². The molecule has 2 heterocycles. The highest BCUT2D eigenvalue weighted by Crippen LogP contribution is 2.43. The van der Waals surface area contributed by atoms with Gasteiger partial charge in [0, 0.05) is 24.2 Å². The van der Waals surface area contributed by atoms with Gasteiger partial charge in [-0.1, -0.05) is 17.5 Å². The molecular weight excluding hydrogens is 515 g/mol. The first kappa shape index (κ1) is 26.2. The lowest BCUT2D eigenvalue weighted by atomic mass is 10.1. The first-order chi connectivity index (χ1) is 18.2. The number of hydrogen-bond donors (Lipinski definition) is 2. The van der Waals surface area contributed by atoms with Gasteiger partial charge in [0.1, 0.15) is 11.5 Å². The van der Waals surface area contributed by atoms with Crippen LogP contribution in [0.1, 0.15) is 35.5 Å². The Kier molecular flexibility index (Phi) is 7.60. The molecule has 0 atom stereocenters. The van der Waals surface area contributed by atoms with Crippen LogP contribution in [0.2, 0.25) is 5.02 Å². The third-order valence-corrected chi connectivity index (χ3v) is 5.55. The van der Waals surface area contributed by atoms with Crippen molar-refractivity contribution in [1.82, 2.24) is 4.98 Å². The van der Waals surface area contributed by atoms with Crippen molar-refractivity contribution >= 4 is 57.7 Å². The minimum atomic E-state index is -0.816. The highest BCUT2D eigenvalue weighted by atomic mass is 35.5. The van der Waals surface area contributed by atoms with Gasteiger partial charge in [-0.05, 0) is 61.4 Å². The molecule has 0 unspecified atom stereocenters. The maximum atomic E-state index is 13.9. The fourth-order valence-corrected chi connectivity index (χ4v) is 3.78. The number of hydrogen-bond acceptors (Lipinski definition) is 6. The fourth-order valence-electron chi connectivity index (χ4n) is 3.61. The number of nitrogens with zero attached hydrogens (tertiary/aromatic N) is 2. The van der Waals surface area contributed by atoms with Crippen LogP contribution in [0.5, 0.6) is 0 Å². The topological polar surface area (TPSA) is 128 Å². The number of fused-ring (bicyclic) bond motifs is 1. The fraction of sp³-hybridized carbons (Fsp3) is 0.111. The molecule has 3 N–H and O–H groups in total. The van der Waals surface area contributed by atoms with Crippen LogP contribution in [0.3, 0.4) is 0 Å². The van der Waals surface area contributed by atoms with E-state index in [2.05, 4.69) is 22.1 Å². The smallest absolute Gasteiger partial charge is 0.414 e. The van der Waals surface area contributed by atoms with Crippen LogP contribution in [0, 0.1) is 17.7 Å². The SMILES string of the molecule is CCOC(=O)Nc1oc2c(C#Cc3ccc(C(N)=O)cc3)nccc2c1N(C(C)=O)c1ccc(F)c(Cl)c1. The second-order valence-corrected chi connectivity index (χ2v) is 8.21. The molecule has 0 spiro atoms. The third-order valence-electron chi connectivity index (χ3n) is 5.26. The quantitative estimate of drug-likeness (QED) is 0.331. The van der Waals surface area contributed by atoms with Crippen LogP contribution >= 0.6 is 11.6 Å². The third kappa shape index (κ3) is 5.43. The van der Waals surface area contributed by atoms with Gasteiger partial charge in [-0.15, -0.1) is 0 Å². The molecule has 0 bridgehead atoms. The molecule has 0 fully saturated rings. The minimum absolute atomic E-state index is 0.0954. The van der Waals surface area contributed by atoms with Crippen LogP contribution in [0.4, 0.5) is 26.4 Å².